The molecule has 2 aromatic carbocycles. The molecule has 28 heavy (non-hydrogen) atoms. The predicted octanol–water partition coefficient (Wildman–Crippen LogP) is 1.32. The van der Waals surface area contributed by atoms with Crippen LogP contribution in [0.2, 0.25) is 0 Å². The summed E-state index contributed by atoms with van der Waals surface area (Å²) in [6.07, 6.45) is 0. The van der Waals surface area contributed by atoms with E-state index < -0.39 is 6.04 Å². The Balaban J connectivity index is 1.50. The van der Waals surface area contributed by atoms with Gasteiger partial charge in [-0.3, -0.25) is 15.6 Å². The Hall–Kier alpha value is -2.61. The van der Waals surface area contributed by atoms with Crippen molar-refractivity contribution in [2.75, 3.05) is 43.6 Å². The molecule has 2 atom stereocenters. The van der Waals surface area contributed by atoms with E-state index in [0.717, 1.165) is 30.2 Å². The van der Waals surface area contributed by atoms with E-state index in [9.17, 15) is 9.90 Å². The number of rotatable bonds is 6. The minimum absolute atomic E-state index is 0.0289. The van der Waals surface area contributed by atoms with Crippen LogP contribution in [0.25, 0.3) is 0 Å². The molecule has 0 bridgehead atoms. The van der Waals surface area contributed by atoms with Crippen LogP contribution in [0.4, 0.5) is 11.4 Å². The summed E-state index contributed by atoms with van der Waals surface area (Å²) in [6, 6.07) is 15.2. The third-order valence-electron chi connectivity index (χ3n) is 5.55. The molecule has 4 rings (SSSR count). The molecule has 1 amide bonds. The minimum Gasteiger partial charge on any atom is -0.497 e. The molecule has 2 aliphatic rings. The van der Waals surface area contributed by atoms with Crippen molar-refractivity contribution < 1.29 is 14.6 Å². The number of nitrogens with zero attached hydrogens (tertiary/aromatic N) is 1. The summed E-state index contributed by atoms with van der Waals surface area (Å²) in [7, 11) is 1.61. The number of hydrazine groups is 1. The normalized spacial score (nSPS) is 22.6. The summed E-state index contributed by atoms with van der Waals surface area (Å²) >= 11 is 0. The van der Waals surface area contributed by atoms with Gasteiger partial charge in [-0.15, -0.1) is 0 Å². The van der Waals surface area contributed by atoms with Gasteiger partial charge in [-0.05, 0) is 29.8 Å². The van der Waals surface area contributed by atoms with Crippen molar-refractivity contribution >= 4 is 17.3 Å². The number of anilines is 2. The summed E-state index contributed by atoms with van der Waals surface area (Å²) in [5.74, 6) is 0.954. The lowest BCUT2D eigenvalue weighted by molar-refractivity contribution is -0.118. The van der Waals surface area contributed by atoms with Crippen molar-refractivity contribution in [1.82, 2.24) is 10.9 Å². The first-order valence-electron chi connectivity index (χ1n) is 9.58. The molecule has 0 saturated carbocycles. The van der Waals surface area contributed by atoms with Crippen LogP contribution < -0.4 is 25.8 Å². The molecule has 2 saturated heterocycles. The fourth-order valence-electron chi connectivity index (χ4n) is 3.89. The second kappa shape index (κ2) is 8.18. The summed E-state index contributed by atoms with van der Waals surface area (Å²) < 4.78 is 5.25. The standard InChI is InChI=1S/C21H26N4O3/c1-28-19-4-2-3-17(9-19)24-20-16(13-26)12-25(21(20)27)18-7-5-14(6-8-18)15-10-22-23-11-15/h2-9,15-16,20,22-24,26H,10-13H2,1H3/t16-,20-/m1/s1. The SMILES string of the molecule is COc1cccc(N[C@H]2C(=O)N(c3ccc(C4CNNC4)cc3)C[C@@H]2CO)c1. The van der Waals surface area contributed by atoms with Crippen molar-refractivity contribution in [2.24, 2.45) is 5.92 Å². The lowest BCUT2D eigenvalue weighted by Gasteiger charge is -2.19. The van der Waals surface area contributed by atoms with Crippen LogP contribution in [-0.2, 0) is 4.79 Å². The number of ether oxygens (including phenoxy) is 1. The Morgan fingerprint density at radius 2 is 1.93 bits per heavy atom. The molecule has 7 nitrogen and oxygen atoms in total. The monoisotopic (exact) mass is 382 g/mol. The van der Waals surface area contributed by atoms with Crippen LogP contribution >= 0.6 is 0 Å². The third kappa shape index (κ3) is 3.69. The summed E-state index contributed by atoms with van der Waals surface area (Å²) in [5.41, 5.74) is 9.19. The van der Waals surface area contributed by atoms with Gasteiger partial charge in [0.1, 0.15) is 11.8 Å². The molecule has 0 unspecified atom stereocenters. The number of carbonyl (C=O) groups excluding carboxylic acids is 1. The number of hydrogen-bond donors (Lipinski definition) is 4. The van der Waals surface area contributed by atoms with Gasteiger partial charge in [0.25, 0.3) is 0 Å². The van der Waals surface area contributed by atoms with Crippen molar-refractivity contribution in [3.8, 4) is 5.75 Å². The second-order valence-electron chi connectivity index (χ2n) is 7.30. The average Bonchev–Trinajstić information content (AvgIpc) is 3.38. The highest BCUT2D eigenvalue weighted by Gasteiger charge is 2.40. The highest BCUT2D eigenvalue weighted by atomic mass is 16.5. The van der Waals surface area contributed by atoms with Gasteiger partial charge in [0.2, 0.25) is 5.91 Å². The first-order valence-corrected chi connectivity index (χ1v) is 9.58. The molecule has 0 aliphatic carbocycles. The van der Waals surface area contributed by atoms with E-state index >= 15 is 0 Å². The van der Waals surface area contributed by atoms with Crippen molar-refractivity contribution in [3.05, 3.63) is 54.1 Å². The zero-order valence-electron chi connectivity index (χ0n) is 15.9. The zero-order valence-corrected chi connectivity index (χ0v) is 15.9. The van der Waals surface area contributed by atoms with Crippen LogP contribution in [0.5, 0.6) is 5.75 Å². The van der Waals surface area contributed by atoms with Crippen molar-refractivity contribution in [1.29, 1.82) is 0 Å². The number of amides is 1. The minimum atomic E-state index is -0.472. The lowest BCUT2D eigenvalue weighted by atomic mass is 10.00. The van der Waals surface area contributed by atoms with E-state index in [1.165, 1.54) is 5.56 Å². The van der Waals surface area contributed by atoms with E-state index in [1.807, 2.05) is 36.4 Å². The summed E-state index contributed by atoms with van der Waals surface area (Å²) in [5, 5.41) is 13.1. The van der Waals surface area contributed by atoms with Crippen LogP contribution in [0.3, 0.4) is 0 Å². The number of hydrogen-bond acceptors (Lipinski definition) is 6. The summed E-state index contributed by atoms with van der Waals surface area (Å²) in [4.78, 5) is 14.8. The fourth-order valence-corrected chi connectivity index (χ4v) is 3.89. The molecule has 0 radical (unpaired) electrons. The second-order valence-corrected chi connectivity index (χ2v) is 7.30. The van der Waals surface area contributed by atoms with Gasteiger partial charge in [-0.1, -0.05) is 18.2 Å². The van der Waals surface area contributed by atoms with Crippen molar-refractivity contribution in [2.45, 2.75) is 12.0 Å². The third-order valence-corrected chi connectivity index (χ3v) is 5.55. The van der Waals surface area contributed by atoms with E-state index in [1.54, 1.807) is 12.0 Å². The fraction of sp³-hybridized carbons (Fsp3) is 0.381. The molecule has 0 aromatic heterocycles. The van der Waals surface area contributed by atoms with Gasteiger partial charge in [0.15, 0.2) is 0 Å². The van der Waals surface area contributed by atoms with E-state index in [-0.39, 0.29) is 18.4 Å². The molecule has 2 aromatic rings. The van der Waals surface area contributed by atoms with Crippen LogP contribution in [0, 0.1) is 5.92 Å². The number of aliphatic hydroxyl groups is 1. The van der Waals surface area contributed by atoms with Gasteiger partial charge < -0.3 is 20.1 Å². The number of carbonyl (C=O) groups is 1. The first kappa shape index (κ1) is 18.7. The molecule has 2 fully saturated rings. The Labute approximate surface area is 164 Å². The molecule has 4 N–H and O–H groups in total. The van der Waals surface area contributed by atoms with Gasteiger partial charge >= 0.3 is 0 Å². The quantitative estimate of drug-likeness (QED) is 0.603. The first-order chi connectivity index (χ1) is 13.7. The maximum absolute atomic E-state index is 13.1. The number of nitrogens with one attached hydrogen (secondary N) is 3. The topological polar surface area (TPSA) is 85.9 Å². The average molecular weight is 382 g/mol. The molecule has 2 heterocycles. The molecule has 148 valence electrons. The molecular formula is C21H26N4O3. The highest BCUT2D eigenvalue weighted by Crippen LogP contribution is 2.29. The molecule has 0 spiro atoms. The Bertz CT molecular complexity index is 821. The van der Waals surface area contributed by atoms with Crippen LogP contribution in [0.15, 0.2) is 48.5 Å². The largest absolute Gasteiger partial charge is 0.497 e. The number of methoxy groups -OCH3 is 1. The smallest absolute Gasteiger partial charge is 0.249 e. The number of benzene rings is 2. The van der Waals surface area contributed by atoms with E-state index in [4.69, 9.17) is 4.74 Å². The molecular weight excluding hydrogens is 356 g/mol. The van der Waals surface area contributed by atoms with Gasteiger partial charge in [-0.25, -0.2) is 0 Å². The Morgan fingerprint density at radius 1 is 1.18 bits per heavy atom. The zero-order chi connectivity index (χ0) is 19.5. The maximum atomic E-state index is 13.1. The molecule has 7 heteroatoms. The number of aliphatic hydroxyl groups excluding tert-OH is 1. The van der Waals surface area contributed by atoms with Gasteiger partial charge in [0, 0.05) is 48.9 Å². The Kier molecular flexibility index (Phi) is 5.47. The van der Waals surface area contributed by atoms with Crippen LogP contribution in [-0.4, -0.2) is 50.4 Å². The predicted molar refractivity (Wildman–Crippen MR) is 109 cm³/mol. The van der Waals surface area contributed by atoms with Gasteiger partial charge in [0.05, 0.1) is 13.7 Å². The Morgan fingerprint density at radius 3 is 2.61 bits per heavy atom. The van der Waals surface area contributed by atoms with Crippen molar-refractivity contribution in [3.63, 3.8) is 0 Å². The highest BCUT2D eigenvalue weighted by molar-refractivity contribution is 6.01. The van der Waals surface area contributed by atoms with E-state index in [0.29, 0.717) is 12.5 Å². The maximum Gasteiger partial charge on any atom is 0.249 e. The van der Waals surface area contributed by atoms with E-state index in [2.05, 4.69) is 28.3 Å². The molecule has 2 aliphatic heterocycles. The van der Waals surface area contributed by atoms with Crippen LogP contribution in [0.1, 0.15) is 11.5 Å². The van der Waals surface area contributed by atoms with Gasteiger partial charge in [-0.2, -0.15) is 0 Å². The lowest BCUT2D eigenvalue weighted by Crippen LogP contribution is -2.36. The summed E-state index contributed by atoms with van der Waals surface area (Å²) in [6.45, 7) is 2.24.